The van der Waals surface area contributed by atoms with Crippen molar-refractivity contribution in [1.82, 2.24) is 10.2 Å². The molecule has 12 heteroatoms. The summed E-state index contributed by atoms with van der Waals surface area (Å²) in [7, 11) is 0. The lowest BCUT2D eigenvalue weighted by Gasteiger charge is -2.27. The van der Waals surface area contributed by atoms with E-state index in [0.717, 1.165) is 17.9 Å². The van der Waals surface area contributed by atoms with Gasteiger partial charge in [-0.25, -0.2) is 0 Å². The summed E-state index contributed by atoms with van der Waals surface area (Å²) >= 11 is 0. The highest BCUT2D eigenvalue weighted by Gasteiger charge is 2.45. The number of unbranched alkanes of at least 4 members (excludes halogenated alkanes) is 12. The Hall–Kier alpha value is -2.90. The number of anilines is 1. The normalized spacial score (nSPS) is 15.9. The van der Waals surface area contributed by atoms with E-state index in [1.807, 2.05) is 0 Å². The molecule has 0 spiro atoms. The van der Waals surface area contributed by atoms with Gasteiger partial charge in [-0.15, -0.1) is 0 Å². The van der Waals surface area contributed by atoms with Crippen LogP contribution in [0, 0.1) is 0 Å². The summed E-state index contributed by atoms with van der Waals surface area (Å²) in [6, 6.07) is 3.96. The maximum Gasteiger partial charge on any atom is 0.264 e. The van der Waals surface area contributed by atoms with E-state index >= 15 is 0 Å². The van der Waals surface area contributed by atoms with Crippen LogP contribution in [0.15, 0.2) is 18.2 Å². The lowest BCUT2D eigenvalue weighted by Crippen LogP contribution is -2.54. The summed E-state index contributed by atoms with van der Waals surface area (Å²) in [4.78, 5) is 50.8. The lowest BCUT2D eigenvalue weighted by atomic mass is 10.0. The molecule has 1 aromatic carbocycles. The SMILES string of the molecule is CCCCCCCCCCCCCCCOCCOCCOCCOCCOCCNc1cccc2c1C(=O)N(C1CCC(=O)NC1=O)C2=O. The standard InChI is InChI=1S/C38H61N3O9/c1-2-3-4-5-6-7-8-9-10-11-12-13-14-21-46-23-25-48-27-29-50-30-28-49-26-24-47-22-20-39-32-17-15-16-31-35(32)38(45)41(37(31)44)33-18-19-34(42)40-36(33)43/h15-17,33,39H,2-14,18-30H2,1H3,(H,40,42,43). The number of piperidine rings is 1. The summed E-state index contributed by atoms with van der Waals surface area (Å²) in [6.45, 7) is 7.83. The van der Waals surface area contributed by atoms with Gasteiger partial charge in [-0.1, -0.05) is 90.0 Å². The molecule has 1 saturated heterocycles. The number of ether oxygens (including phenoxy) is 5. The van der Waals surface area contributed by atoms with Crippen molar-refractivity contribution >= 4 is 29.3 Å². The molecular weight excluding hydrogens is 642 g/mol. The van der Waals surface area contributed by atoms with Crippen LogP contribution in [0.3, 0.4) is 0 Å². The molecule has 2 aliphatic heterocycles. The molecule has 1 unspecified atom stereocenters. The number of hydrogen-bond acceptors (Lipinski definition) is 10. The van der Waals surface area contributed by atoms with E-state index in [1.165, 1.54) is 77.0 Å². The van der Waals surface area contributed by atoms with Gasteiger partial charge in [0.15, 0.2) is 0 Å². The van der Waals surface area contributed by atoms with Crippen LogP contribution in [-0.4, -0.2) is 107 Å². The zero-order valence-electron chi connectivity index (χ0n) is 30.3. The van der Waals surface area contributed by atoms with Gasteiger partial charge in [-0.2, -0.15) is 0 Å². The summed E-state index contributed by atoms with van der Waals surface area (Å²) < 4.78 is 27.9. The first-order chi connectivity index (χ1) is 24.5. The van der Waals surface area contributed by atoms with Crippen LogP contribution in [0.25, 0.3) is 0 Å². The molecule has 0 aromatic heterocycles. The van der Waals surface area contributed by atoms with Crippen molar-refractivity contribution in [2.75, 3.05) is 77.9 Å². The highest BCUT2D eigenvalue weighted by molar-refractivity contribution is 6.25. The molecule has 3 rings (SSSR count). The smallest absolute Gasteiger partial charge is 0.264 e. The summed E-state index contributed by atoms with van der Waals surface area (Å²) in [5.41, 5.74) is 0.955. The fourth-order valence-electron chi connectivity index (χ4n) is 6.12. The van der Waals surface area contributed by atoms with E-state index in [0.29, 0.717) is 71.7 Å². The number of nitrogens with zero attached hydrogens (tertiary/aromatic N) is 1. The number of imide groups is 2. The first-order valence-corrected chi connectivity index (χ1v) is 19.0. The first kappa shape index (κ1) is 41.5. The summed E-state index contributed by atoms with van der Waals surface area (Å²) in [5, 5.41) is 5.35. The molecule has 2 aliphatic rings. The molecule has 2 heterocycles. The lowest BCUT2D eigenvalue weighted by molar-refractivity contribution is -0.136. The maximum absolute atomic E-state index is 13.1. The van der Waals surface area contributed by atoms with E-state index in [-0.39, 0.29) is 24.0 Å². The predicted octanol–water partition coefficient (Wildman–Crippen LogP) is 5.67. The zero-order chi connectivity index (χ0) is 35.7. The molecule has 0 aliphatic carbocycles. The predicted molar refractivity (Wildman–Crippen MR) is 191 cm³/mol. The van der Waals surface area contributed by atoms with Crippen molar-refractivity contribution in [3.63, 3.8) is 0 Å². The van der Waals surface area contributed by atoms with Crippen molar-refractivity contribution < 1.29 is 42.9 Å². The van der Waals surface area contributed by atoms with Crippen LogP contribution in [0.4, 0.5) is 5.69 Å². The minimum atomic E-state index is -0.997. The Bertz CT molecular complexity index is 1150. The minimum absolute atomic E-state index is 0.0772. The third kappa shape index (κ3) is 15.6. The molecule has 50 heavy (non-hydrogen) atoms. The summed E-state index contributed by atoms with van der Waals surface area (Å²) in [5.74, 6) is -2.12. The van der Waals surface area contributed by atoms with Crippen LogP contribution in [0.1, 0.15) is 124 Å². The number of carbonyl (C=O) groups is 4. The summed E-state index contributed by atoms with van der Waals surface area (Å²) in [6.07, 6.45) is 17.8. The Kier molecular flexibility index (Phi) is 21.6. The van der Waals surface area contributed by atoms with Crippen LogP contribution in [0.5, 0.6) is 0 Å². The second-order valence-corrected chi connectivity index (χ2v) is 12.9. The molecule has 12 nitrogen and oxygen atoms in total. The largest absolute Gasteiger partial charge is 0.382 e. The Morgan fingerprint density at radius 1 is 0.640 bits per heavy atom. The van der Waals surface area contributed by atoms with E-state index in [9.17, 15) is 19.2 Å². The Balaban J connectivity index is 1.06. The monoisotopic (exact) mass is 703 g/mol. The Morgan fingerprint density at radius 3 is 1.68 bits per heavy atom. The van der Waals surface area contributed by atoms with Crippen molar-refractivity contribution in [2.24, 2.45) is 0 Å². The molecular formula is C38H61N3O9. The van der Waals surface area contributed by atoms with Gasteiger partial charge in [0.25, 0.3) is 11.8 Å². The number of benzene rings is 1. The first-order valence-electron chi connectivity index (χ1n) is 19.0. The van der Waals surface area contributed by atoms with Gasteiger partial charge in [-0.3, -0.25) is 29.4 Å². The molecule has 2 N–H and O–H groups in total. The number of fused-ring (bicyclic) bond motifs is 1. The van der Waals surface area contributed by atoms with Crippen LogP contribution < -0.4 is 10.6 Å². The van der Waals surface area contributed by atoms with Crippen molar-refractivity contribution in [3.8, 4) is 0 Å². The van der Waals surface area contributed by atoms with E-state index in [2.05, 4.69) is 17.6 Å². The zero-order valence-corrected chi connectivity index (χ0v) is 30.3. The molecule has 0 bridgehead atoms. The Labute approximate surface area is 298 Å². The third-order valence-corrected chi connectivity index (χ3v) is 8.91. The molecule has 1 aromatic rings. The maximum atomic E-state index is 13.1. The van der Waals surface area contributed by atoms with Crippen molar-refractivity contribution in [3.05, 3.63) is 29.3 Å². The van der Waals surface area contributed by atoms with Gasteiger partial charge in [0, 0.05) is 25.3 Å². The minimum Gasteiger partial charge on any atom is -0.382 e. The van der Waals surface area contributed by atoms with Crippen LogP contribution >= 0.6 is 0 Å². The van der Waals surface area contributed by atoms with E-state index in [4.69, 9.17) is 23.7 Å². The fourth-order valence-corrected chi connectivity index (χ4v) is 6.12. The number of carbonyl (C=O) groups excluding carboxylic acids is 4. The van der Waals surface area contributed by atoms with Gasteiger partial charge in [0.05, 0.1) is 70.6 Å². The van der Waals surface area contributed by atoms with Gasteiger partial charge in [0.2, 0.25) is 11.8 Å². The number of nitrogens with one attached hydrogen (secondary N) is 2. The molecule has 0 radical (unpaired) electrons. The van der Waals surface area contributed by atoms with Crippen LogP contribution in [-0.2, 0) is 33.3 Å². The van der Waals surface area contributed by atoms with Gasteiger partial charge < -0.3 is 29.0 Å². The number of rotatable bonds is 31. The molecule has 4 amide bonds. The highest BCUT2D eigenvalue weighted by atomic mass is 16.6. The van der Waals surface area contributed by atoms with Gasteiger partial charge in [-0.05, 0) is 25.0 Å². The average molecular weight is 704 g/mol. The van der Waals surface area contributed by atoms with Crippen LogP contribution in [0.2, 0.25) is 0 Å². The van der Waals surface area contributed by atoms with Crippen molar-refractivity contribution in [1.29, 1.82) is 0 Å². The highest BCUT2D eigenvalue weighted by Crippen LogP contribution is 2.32. The Morgan fingerprint density at radius 2 is 1.14 bits per heavy atom. The van der Waals surface area contributed by atoms with E-state index < -0.39 is 29.7 Å². The molecule has 282 valence electrons. The second-order valence-electron chi connectivity index (χ2n) is 12.9. The quantitative estimate of drug-likeness (QED) is 0.0734. The van der Waals surface area contributed by atoms with E-state index in [1.54, 1.807) is 18.2 Å². The van der Waals surface area contributed by atoms with Gasteiger partial charge >= 0.3 is 0 Å². The topological polar surface area (TPSA) is 142 Å². The second kappa shape index (κ2) is 26.0. The van der Waals surface area contributed by atoms with Gasteiger partial charge in [0.1, 0.15) is 6.04 Å². The fraction of sp³-hybridized carbons (Fsp3) is 0.737. The van der Waals surface area contributed by atoms with Crippen molar-refractivity contribution in [2.45, 2.75) is 109 Å². The number of hydrogen-bond donors (Lipinski definition) is 2. The molecule has 1 atom stereocenters. The third-order valence-electron chi connectivity index (χ3n) is 8.91. The molecule has 0 saturated carbocycles. The number of amides is 4. The molecule has 1 fully saturated rings. The average Bonchev–Trinajstić information content (AvgIpc) is 3.36.